The number of hydrogen-bond acceptors (Lipinski definition) is 3. The Morgan fingerprint density at radius 2 is 1.83 bits per heavy atom. The van der Waals surface area contributed by atoms with Crippen LogP contribution in [0.25, 0.3) is 0 Å². The molecular weight excluding hydrogens is 189 g/mol. The van der Waals surface area contributed by atoms with Crippen molar-refractivity contribution in [2.75, 3.05) is 0 Å². The van der Waals surface area contributed by atoms with E-state index >= 15 is 0 Å². The molecule has 1 atom stereocenters. The molecule has 8 heteroatoms. The van der Waals surface area contributed by atoms with Crippen molar-refractivity contribution < 1.29 is 29.4 Å². The summed E-state index contributed by atoms with van der Waals surface area (Å²) in [5.41, 5.74) is 0. The van der Waals surface area contributed by atoms with Gasteiger partial charge in [0.2, 0.25) is 0 Å². The van der Waals surface area contributed by atoms with Crippen LogP contribution in [-0.2, 0) is 9.36 Å². The Morgan fingerprint density at radius 3 is 1.92 bits per heavy atom. The van der Waals surface area contributed by atoms with Gasteiger partial charge in [-0.1, -0.05) is 6.58 Å². The number of aliphatic carboxylic acids is 1. The van der Waals surface area contributed by atoms with Crippen LogP contribution in [0.5, 0.6) is 0 Å². The lowest BCUT2D eigenvalue weighted by molar-refractivity contribution is -0.138. The van der Waals surface area contributed by atoms with E-state index in [2.05, 4.69) is 6.58 Å². The second kappa shape index (κ2) is 3.68. The molecular formula is C4H8NO6P. The standard InChI is InChI=1S/C4H8NO6P/c1-2(6)3(4(7)8)5-12(9,10)11/h3,6H,1H2,(H,7,8)(H3,5,9,10,11). The maximum absolute atomic E-state index is 10.2. The highest BCUT2D eigenvalue weighted by molar-refractivity contribution is 7.49. The summed E-state index contributed by atoms with van der Waals surface area (Å²) in [6, 6.07) is -1.86. The number of carboxylic acid groups (broad SMARTS) is 1. The molecule has 0 aliphatic carbocycles. The van der Waals surface area contributed by atoms with Gasteiger partial charge in [0.25, 0.3) is 0 Å². The fourth-order valence-corrected chi connectivity index (χ4v) is 1.04. The maximum atomic E-state index is 10.2. The van der Waals surface area contributed by atoms with E-state index in [4.69, 9.17) is 20.0 Å². The summed E-state index contributed by atoms with van der Waals surface area (Å²) in [7, 11) is -4.68. The molecule has 0 aromatic carbocycles. The molecule has 12 heavy (non-hydrogen) atoms. The number of carbonyl (C=O) groups is 1. The summed E-state index contributed by atoms with van der Waals surface area (Å²) in [4.78, 5) is 26.7. The Morgan fingerprint density at radius 1 is 1.42 bits per heavy atom. The lowest BCUT2D eigenvalue weighted by Crippen LogP contribution is -2.35. The van der Waals surface area contributed by atoms with Crippen molar-refractivity contribution in [1.82, 2.24) is 5.09 Å². The fourth-order valence-electron chi connectivity index (χ4n) is 0.440. The van der Waals surface area contributed by atoms with E-state index < -0.39 is 25.5 Å². The lowest BCUT2D eigenvalue weighted by atomic mass is 10.3. The highest BCUT2D eigenvalue weighted by Gasteiger charge is 2.27. The van der Waals surface area contributed by atoms with Crippen LogP contribution in [-0.4, -0.2) is 32.0 Å². The second-order valence-electron chi connectivity index (χ2n) is 1.94. The summed E-state index contributed by atoms with van der Waals surface area (Å²) in [6.45, 7) is 2.83. The van der Waals surface area contributed by atoms with Crippen LogP contribution in [0.3, 0.4) is 0 Å². The van der Waals surface area contributed by atoms with Crippen molar-refractivity contribution >= 4 is 13.7 Å². The highest BCUT2D eigenvalue weighted by atomic mass is 31.2. The highest BCUT2D eigenvalue weighted by Crippen LogP contribution is 2.29. The molecule has 0 radical (unpaired) electrons. The third-order valence-electron chi connectivity index (χ3n) is 0.877. The van der Waals surface area contributed by atoms with Gasteiger partial charge >= 0.3 is 13.7 Å². The molecule has 0 saturated carbocycles. The summed E-state index contributed by atoms with van der Waals surface area (Å²) in [5.74, 6) is -2.49. The van der Waals surface area contributed by atoms with E-state index in [1.807, 2.05) is 0 Å². The van der Waals surface area contributed by atoms with Crippen LogP contribution in [0, 0.1) is 0 Å². The van der Waals surface area contributed by atoms with Gasteiger partial charge in [-0.15, -0.1) is 0 Å². The molecule has 0 rings (SSSR count). The summed E-state index contributed by atoms with van der Waals surface area (Å²) < 4.78 is 10.2. The Hall–Kier alpha value is -0.880. The first-order valence-electron chi connectivity index (χ1n) is 2.68. The molecule has 0 aromatic rings. The number of hydrogen-bond donors (Lipinski definition) is 5. The van der Waals surface area contributed by atoms with Gasteiger partial charge in [-0.3, -0.25) is 4.79 Å². The largest absolute Gasteiger partial charge is 0.511 e. The zero-order valence-electron chi connectivity index (χ0n) is 5.84. The normalized spacial score (nSPS) is 13.8. The van der Waals surface area contributed by atoms with Crippen LogP contribution >= 0.6 is 7.75 Å². The van der Waals surface area contributed by atoms with E-state index in [1.165, 1.54) is 5.09 Å². The quantitative estimate of drug-likeness (QED) is 0.294. The zero-order chi connectivity index (χ0) is 9.94. The van der Waals surface area contributed by atoms with Gasteiger partial charge in [0, 0.05) is 0 Å². The molecule has 0 bridgehead atoms. The van der Waals surface area contributed by atoms with Gasteiger partial charge in [-0.25, -0.2) is 9.65 Å². The van der Waals surface area contributed by atoms with Gasteiger partial charge in [0.1, 0.15) is 5.76 Å². The third kappa shape index (κ3) is 4.09. The average Bonchev–Trinajstić information content (AvgIpc) is 1.79. The molecule has 1 unspecified atom stereocenters. The van der Waals surface area contributed by atoms with E-state index in [0.717, 1.165) is 0 Å². The number of aliphatic hydroxyl groups is 1. The smallest absolute Gasteiger partial charge is 0.401 e. The minimum absolute atomic E-state index is 0.870. The Bertz CT molecular complexity index is 230. The van der Waals surface area contributed by atoms with Crippen molar-refractivity contribution in [1.29, 1.82) is 0 Å². The van der Waals surface area contributed by atoms with E-state index in [0.29, 0.717) is 0 Å². The first-order valence-corrected chi connectivity index (χ1v) is 4.29. The van der Waals surface area contributed by atoms with E-state index in [9.17, 15) is 9.36 Å². The van der Waals surface area contributed by atoms with Crippen molar-refractivity contribution in [3.05, 3.63) is 12.3 Å². The SMILES string of the molecule is C=C(O)C(NP(=O)(O)O)C(=O)O. The van der Waals surface area contributed by atoms with Gasteiger partial charge < -0.3 is 20.0 Å². The van der Waals surface area contributed by atoms with Gasteiger partial charge in [-0.05, 0) is 0 Å². The first-order chi connectivity index (χ1) is 5.24. The van der Waals surface area contributed by atoms with Crippen LogP contribution in [0.2, 0.25) is 0 Å². The predicted octanol–water partition coefficient (Wildman–Crippen LogP) is -0.806. The van der Waals surface area contributed by atoms with Crippen molar-refractivity contribution in [3.63, 3.8) is 0 Å². The fraction of sp³-hybridized carbons (Fsp3) is 0.250. The molecule has 0 saturated heterocycles. The Balaban J connectivity index is 4.46. The first kappa shape index (κ1) is 11.1. The second-order valence-corrected chi connectivity index (χ2v) is 3.28. The van der Waals surface area contributed by atoms with Crippen molar-refractivity contribution in [2.24, 2.45) is 0 Å². The molecule has 0 aliphatic heterocycles. The number of aliphatic hydroxyl groups excluding tert-OH is 1. The van der Waals surface area contributed by atoms with E-state index in [1.54, 1.807) is 0 Å². The predicted molar refractivity (Wildman–Crippen MR) is 38.4 cm³/mol. The Kier molecular flexibility index (Phi) is 3.41. The molecule has 0 heterocycles. The minimum Gasteiger partial charge on any atom is -0.511 e. The summed E-state index contributed by atoms with van der Waals surface area (Å²) >= 11 is 0. The van der Waals surface area contributed by atoms with Gasteiger partial charge in [-0.2, -0.15) is 0 Å². The third-order valence-corrected chi connectivity index (χ3v) is 1.47. The van der Waals surface area contributed by atoms with Crippen molar-refractivity contribution in [3.8, 4) is 0 Å². The van der Waals surface area contributed by atoms with Crippen LogP contribution in [0.4, 0.5) is 0 Å². The van der Waals surface area contributed by atoms with Crippen molar-refractivity contribution in [2.45, 2.75) is 6.04 Å². The number of carboxylic acids is 1. The molecule has 7 nitrogen and oxygen atoms in total. The lowest BCUT2D eigenvalue weighted by Gasteiger charge is -2.13. The molecule has 0 aromatic heterocycles. The molecule has 0 aliphatic rings. The molecule has 5 N–H and O–H groups in total. The zero-order valence-corrected chi connectivity index (χ0v) is 6.73. The van der Waals surface area contributed by atoms with Crippen LogP contribution < -0.4 is 5.09 Å². The Labute approximate surface area is 67.6 Å². The van der Waals surface area contributed by atoms with Crippen LogP contribution in [0.1, 0.15) is 0 Å². The van der Waals surface area contributed by atoms with Crippen LogP contribution in [0.15, 0.2) is 12.3 Å². The molecule has 70 valence electrons. The maximum Gasteiger partial charge on any atom is 0.401 e. The monoisotopic (exact) mass is 197 g/mol. The molecule has 0 amide bonds. The molecule has 0 fully saturated rings. The van der Waals surface area contributed by atoms with Gasteiger partial charge in [0.15, 0.2) is 6.04 Å². The minimum atomic E-state index is -4.68. The van der Waals surface area contributed by atoms with Gasteiger partial charge in [0.05, 0.1) is 0 Å². The average molecular weight is 197 g/mol. The van der Waals surface area contributed by atoms with E-state index in [-0.39, 0.29) is 0 Å². The topological polar surface area (TPSA) is 127 Å². The summed E-state index contributed by atoms with van der Waals surface area (Å²) in [6.07, 6.45) is 0. The molecule has 0 spiro atoms. The number of rotatable bonds is 4. The summed E-state index contributed by atoms with van der Waals surface area (Å²) in [5, 5.41) is 18.2. The number of nitrogens with one attached hydrogen (secondary N) is 1.